The van der Waals surface area contributed by atoms with Crippen LogP contribution in [0.5, 0.6) is 5.75 Å². The van der Waals surface area contributed by atoms with Crippen molar-refractivity contribution in [2.45, 2.75) is 12.8 Å². The molecular weight excluding hydrogens is 218 g/mol. The van der Waals surface area contributed by atoms with Gasteiger partial charge >= 0.3 is 0 Å². The number of amides is 1. The van der Waals surface area contributed by atoms with Gasteiger partial charge in [0, 0.05) is 6.54 Å². The SMILES string of the molecule is COc1cccc(CC(=O)N2CCCOC2)c1. The third kappa shape index (κ3) is 3.20. The van der Waals surface area contributed by atoms with E-state index in [9.17, 15) is 4.79 Å². The van der Waals surface area contributed by atoms with E-state index in [4.69, 9.17) is 9.47 Å². The minimum Gasteiger partial charge on any atom is -0.497 e. The number of rotatable bonds is 3. The van der Waals surface area contributed by atoms with Crippen LogP contribution in [0.2, 0.25) is 0 Å². The van der Waals surface area contributed by atoms with E-state index in [2.05, 4.69) is 0 Å². The monoisotopic (exact) mass is 235 g/mol. The van der Waals surface area contributed by atoms with Crippen LogP contribution in [0, 0.1) is 0 Å². The summed E-state index contributed by atoms with van der Waals surface area (Å²) in [6, 6.07) is 7.60. The Morgan fingerprint density at radius 1 is 1.53 bits per heavy atom. The van der Waals surface area contributed by atoms with Crippen LogP contribution in [0.3, 0.4) is 0 Å². The number of carbonyl (C=O) groups is 1. The van der Waals surface area contributed by atoms with Crippen LogP contribution in [0.4, 0.5) is 0 Å². The highest BCUT2D eigenvalue weighted by molar-refractivity contribution is 5.78. The Balaban J connectivity index is 1.96. The Bertz CT molecular complexity index is 386. The lowest BCUT2D eigenvalue weighted by Gasteiger charge is -2.26. The van der Waals surface area contributed by atoms with Crippen LogP contribution < -0.4 is 4.74 Å². The molecule has 1 aliphatic rings. The molecule has 0 saturated carbocycles. The van der Waals surface area contributed by atoms with Gasteiger partial charge in [0.2, 0.25) is 5.91 Å². The summed E-state index contributed by atoms with van der Waals surface area (Å²) in [6.45, 7) is 1.97. The molecule has 2 rings (SSSR count). The second-order valence-electron chi connectivity index (χ2n) is 4.08. The van der Waals surface area contributed by atoms with E-state index in [1.165, 1.54) is 0 Å². The van der Waals surface area contributed by atoms with Crippen LogP contribution in [-0.4, -0.2) is 37.8 Å². The Morgan fingerprint density at radius 2 is 2.41 bits per heavy atom. The second kappa shape index (κ2) is 5.68. The van der Waals surface area contributed by atoms with Crippen molar-refractivity contribution in [1.29, 1.82) is 0 Å². The lowest BCUT2D eigenvalue weighted by molar-refractivity contribution is -0.139. The van der Waals surface area contributed by atoms with E-state index >= 15 is 0 Å². The standard InChI is InChI=1S/C13H17NO3/c1-16-12-5-2-4-11(8-12)9-13(15)14-6-3-7-17-10-14/h2,4-5,8H,3,6-7,9-10H2,1H3. The zero-order valence-corrected chi connectivity index (χ0v) is 10.0. The summed E-state index contributed by atoms with van der Waals surface area (Å²) >= 11 is 0. The molecule has 0 aliphatic carbocycles. The van der Waals surface area contributed by atoms with Crippen molar-refractivity contribution in [3.63, 3.8) is 0 Å². The molecule has 0 N–H and O–H groups in total. The first-order valence-electron chi connectivity index (χ1n) is 5.78. The van der Waals surface area contributed by atoms with Gasteiger partial charge in [0.15, 0.2) is 0 Å². The highest BCUT2D eigenvalue weighted by Gasteiger charge is 2.16. The molecule has 0 atom stereocenters. The lowest BCUT2D eigenvalue weighted by atomic mass is 10.1. The van der Waals surface area contributed by atoms with Crippen LogP contribution in [-0.2, 0) is 16.0 Å². The molecule has 92 valence electrons. The normalized spacial score (nSPS) is 15.7. The fourth-order valence-corrected chi connectivity index (χ4v) is 1.86. The molecule has 1 aromatic carbocycles. The Labute approximate surface area is 101 Å². The Kier molecular flexibility index (Phi) is 3.98. The maximum Gasteiger partial charge on any atom is 0.228 e. The van der Waals surface area contributed by atoms with Crippen molar-refractivity contribution in [2.24, 2.45) is 0 Å². The van der Waals surface area contributed by atoms with Gasteiger partial charge in [-0.15, -0.1) is 0 Å². The van der Waals surface area contributed by atoms with E-state index < -0.39 is 0 Å². The minimum absolute atomic E-state index is 0.109. The zero-order valence-electron chi connectivity index (χ0n) is 10.0. The molecule has 0 bridgehead atoms. The summed E-state index contributed by atoms with van der Waals surface area (Å²) in [4.78, 5) is 13.7. The Hall–Kier alpha value is -1.55. The fourth-order valence-electron chi connectivity index (χ4n) is 1.86. The molecule has 1 amide bonds. The predicted molar refractivity (Wildman–Crippen MR) is 63.8 cm³/mol. The maximum absolute atomic E-state index is 12.0. The molecule has 1 saturated heterocycles. The van der Waals surface area contributed by atoms with Crippen LogP contribution in [0.15, 0.2) is 24.3 Å². The van der Waals surface area contributed by atoms with E-state index in [1.54, 1.807) is 12.0 Å². The highest BCUT2D eigenvalue weighted by atomic mass is 16.5. The van der Waals surface area contributed by atoms with Crippen LogP contribution in [0.25, 0.3) is 0 Å². The summed E-state index contributed by atoms with van der Waals surface area (Å²) in [5, 5.41) is 0. The summed E-state index contributed by atoms with van der Waals surface area (Å²) in [7, 11) is 1.62. The van der Waals surface area contributed by atoms with Gasteiger partial charge in [-0.2, -0.15) is 0 Å². The number of hydrogen-bond donors (Lipinski definition) is 0. The van der Waals surface area contributed by atoms with Crippen molar-refractivity contribution in [3.05, 3.63) is 29.8 Å². The van der Waals surface area contributed by atoms with Gasteiger partial charge in [-0.25, -0.2) is 0 Å². The van der Waals surface area contributed by atoms with Crippen molar-refractivity contribution in [2.75, 3.05) is 27.0 Å². The van der Waals surface area contributed by atoms with Gasteiger partial charge in [0.1, 0.15) is 12.5 Å². The molecule has 0 aromatic heterocycles. The summed E-state index contributed by atoms with van der Waals surface area (Å²) < 4.78 is 10.4. The van der Waals surface area contributed by atoms with Crippen LogP contribution in [0.1, 0.15) is 12.0 Å². The molecule has 0 spiro atoms. The molecule has 0 unspecified atom stereocenters. The minimum atomic E-state index is 0.109. The van der Waals surface area contributed by atoms with Crippen molar-refractivity contribution in [3.8, 4) is 5.75 Å². The molecular formula is C13H17NO3. The van der Waals surface area contributed by atoms with Gasteiger partial charge in [-0.1, -0.05) is 12.1 Å². The molecule has 17 heavy (non-hydrogen) atoms. The molecule has 1 aromatic rings. The number of nitrogens with zero attached hydrogens (tertiary/aromatic N) is 1. The van der Waals surface area contributed by atoms with E-state index in [0.717, 1.165) is 30.9 Å². The van der Waals surface area contributed by atoms with E-state index in [1.807, 2.05) is 24.3 Å². The first kappa shape index (κ1) is 11.9. The lowest BCUT2D eigenvalue weighted by Crippen LogP contribution is -2.39. The largest absolute Gasteiger partial charge is 0.497 e. The van der Waals surface area contributed by atoms with Crippen LogP contribution >= 0.6 is 0 Å². The first-order valence-corrected chi connectivity index (χ1v) is 5.78. The third-order valence-electron chi connectivity index (χ3n) is 2.81. The fraction of sp³-hybridized carbons (Fsp3) is 0.462. The summed E-state index contributed by atoms with van der Waals surface area (Å²) in [6.07, 6.45) is 1.32. The van der Waals surface area contributed by atoms with Gasteiger partial charge in [-0.05, 0) is 24.1 Å². The Morgan fingerprint density at radius 3 is 3.12 bits per heavy atom. The predicted octanol–water partition coefficient (Wildman–Crippen LogP) is 1.44. The quantitative estimate of drug-likeness (QED) is 0.796. The number of carbonyl (C=O) groups excluding carboxylic acids is 1. The number of methoxy groups -OCH3 is 1. The topological polar surface area (TPSA) is 38.8 Å². The average molecular weight is 235 g/mol. The molecule has 4 nitrogen and oxygen atoms in total. The van der Waals surface area contributed by atoms with Gasteiger partial charge in [0.25, 0.3) is 0 Å². The molecule has 4 heteroatoms. The number of hydrogen-bond acceptors (Lipinski definition) is 3. The maximum atomic E-state index is 12.0. The molecule has 1 aliphatic heterocycles. The van der Waals surface area contributed by atoms with Crippen molar-refractivity contribution >= 4 is 5.91 Å². The average Bonchev–Trinajstić information content (AvgIpc) is 2.40. The van der Waals surface area contributed by atoms with E-state index in [0.29, 0.717) is 13.2 Å². The van der Waals surface area contributed by atoms with Gasteiger partial charge < -0.3 is 14.4 Å². The molecule has 0 radical (unpaired) electrons. The zero-order chi connectivity index (χ0) is 12.1. The van der Waals surface area contributed by atoms with Gasteiger partial charge in [-0.3, -0.25) is 4.79 Å². The smallest absolute Gasteiger partial charge is 0.228 e. The molecule has 1 heterocycles. The third-order valence-corrected chi connectivity index (χ3v) is 2.81. The second-order valence-corrected chi connectivity index (χ2v) is 4.08. The summed E-state index contributed by atoms with van der Waals surface area (Å²) in [5.74, 6) is 0.892. The van der Waals surface area contributed by atoms with Crippen molar-refractivity contribution < 1.29 is 14.3 Å². The van der Waals surface area contributed by atoms with Gasteiger partial charge in [0.05, 0.1) is 20.1 Å². The molecule has 1 fully saturated rings. The van der Waals surface area contributed by atoms with Crippen molar-refractivity contribution in [1.82, 2.24) is 4.90 Å². The first-order chi connectivity index (χ1) is 8.29. The van der Waals surface area contributed by atoms with E-state index in [-0.39, 0.29) is 5.91 Å². The highest BCUT2D eigenvalue weighted by Crippen LogP contribution is 2.14. The number of benzene rings is 1. The summed E-state index contributed by atoms with van der Waals surface area (Å²) in [5.41, 5.74) is 0.972. The number of ether oxygens (including phenoxy) is 2.